The van der Waals surface area contributed by atoms with Crippen molar-refractivity contribution in [3.63, 3.8) is 0 Å². The predicted molar refractivity (Wildman–Crippen MR) is 281 cm³/mol. The summed E-state index contributed by atoms with van der Waals surface area (Å²) in [6, 6.07) is -1.56. The quantitative estimate of drug-likeness (QED) is 0.0199. The van der Waals surface area contributed by atoms with Gasteiger partial charge in [0.05, 0.1) is 13.2 Å². The van der Waals surface area contributed by atoms with Crippen LogP contribution in [0.4, 0.5) is 0 Å². The van der Waals surface area contributed by atoms with E-state index in [4.69, 9.17) is 13.8 Å². The summed E-state index contributed by atoms with van der Waals surface area (Å²) >= 11 is 0. The third-order valence-corrected chi connectivity index (χ3v) is 11.8. The molecule has 11 nitrogen and oxygen atoms in total. The van der Waals surface area contributed by atoms with E-state index in [1.165, 1.54) is 89.9 Å². The van der Waals surface area contributed by atoms with Crippen molar-refractivity contribution in [2.24, 2.45) is 0 Å². The number of carbonyl (C=O) groups excluding carboxylic acids is 2. The van der Waals surface area contributed by atoms with Crippen molar-refractivity contribution < 1.29 is 47.8 Å². The zero-order chi connectivity index (χ0) is 49.9. The van der Waals surface area contributed by atoms with Crippen molar-refractivity contribution in [1.29, 1.82) is 0 Å². The second-order valence-electron chi connectivity index (χ2n) is 17.3. The highest BCUT2D eigenvalue weighted by molar-refractivity contribution is 7.47. The van der Waals surface area contributed by atoms with Gasteiger partial charge in [-0.1, -0.05) is 195 Å². The van der Waals surface area contributed by atoms with Gasteiger partial charge >= 0.3 is 19.8 Å². The van der Waals surface area contributed by atoms with Gasteiger partial charge in [-0.05, 0) is 96.3 Å². The minimum absolute atomic E-state index is 0.137. The fraction of sp³-hybridized carbons (Fsp3) is 0.661. The number of ether oxygens (including phenoxy) is 1. The Morgan fingerprint density at radius 2 is 0.853 bits per heavy atom. The number of rotatable bonds is 48. The number of aliphatic carboxylic acids is 1. The summed E-state index contributed by atoms with van der Waals surface area (Å²) in [5, 5.41) is 21.9. The summed E-state index contributed by atoms with van der Waals surface area (Å²) in [5.41, 5.74) is 0. The van der Waals surface area contributed by atoms with Gasteiger partial charge in [-0.25, -0.2) is 9.36 Å². The van der Waals surface area contributed by atoms with E-state index in [0.717, 1.165) is 77.0 Å². The normalized spacial score (nSPS) is 14.3. The number of amides is 1. The highest BCUT2D eigenvalue weighted by Crippen LogP contribution is 2.43. The second kappa shape index (κ2) is 49.8. The molecule has 3 unspecified atom stereocenters. The van der Waals surface area contributed by atoms with Crippen molar-refractivity contribution in [2.75, 3.05) is 19.8 Å². The number of phosphoric acid groups is 1. The molecule has 0 heterocycles. The molecule has 12 heteroatoms. The number of carbonyl (C=O) groups is 3. The van der Waals surface area contributed by atoms with Crippen LogP contribution >= 0.6 is 7.82 Å². The maximum absolute atomic E-state index is 12.4. The summed E-state index contributed by atoms with van der Waals surface area (Å²) in [5.74, 6) is -2.43. The molecule has 0 aromatic rings. The summed E-state index contributed by atoms with van der Waals surface area (Å²) in [4.78, 5) is 46.2. The number of hydrogen-bond acceptors (Lipinski definition) is 8. The number of carboxylic acids is 1. The van der Waals surface area contributed by atoms with E-state index in [1.54, 1.807) is 0 Å². The first kappa shape index (κ1) is 64.4. The summed E-state index contributed by atoms with van der Waals surface area (Å²) in [7, 11) is -4.78. The van der Waals surface area contributed by atoms with Gasteiger partial charge in [0.1, 0.15) is 12.7 Å². The summed E-state index contributed by atoms with van der Waals surface area (Å²) in [6.45, 7) is 2.42. The van der Waals surface area contributed by atoms with E-state index < -0.39 is 57.6 Å². The Balaban J connectivity index is 3.89. The first-order valence-corrected chi connectivity index (χ1v) is 27.8. The molecule has 388 valence electrons. The average Bonchev–Trinajstić information content (AvgIpc) is 3.32. The Morgan fingerprint density at radius 3 is 1.29 bits per heavy atom. The molecule has 68 heavy (non-hydrogen) atoms. The molecule has 0 aliphatic rings. The SMILES string of the molecule is CC/C=C\C/C=C\C/C=C\C/C=C\C/C=C\C/C=C\CCCCC(=O)OCC(O)COP(=O)(O)OCC(NC(=O)CCCCCCCCCCCCCCC/C=C\C/C=C\CCCCC)C(=O)O. The average molecular weight is 972 g/mol. The third-order valence-electron chi connectivity index (χ3n) is 10.9. The van der Waals surface area contributed by atoms with Gasteiger partial charge in [-0.15, -0.1) is 0 Å². The smallest absolute Gasteiger partial charge is 0.472 e. The Hall–Kier alpha value is -3.60. The molecular weight excluding hydrogens is 878 g/mol. The van der Waals surface area contributed by atoms with E-state index in [1.807, 2.05) is 0 Å². The fourth-order valence-corrected chi connectivity index (χ4v) is 7.59. The fourth-order valence-electron chi connectivity index (χ4n) is 6.82. The maximum Gasteiger partial charge on any atom is 0.472 e. The predicted octanol–water partition coefficient (Wildman–Crippen LogP) is 14.8. The molecule has 0 saturated carbocycles. The van der Waals surface area contributed by atoms with Crippen LogP contribution in [0.2, 0.25) is 0 Å². The molecule has 1 amide bonds. The molecule has 0 aromatic heterocycles. The van der Waals surface area contributed by atoms with Crippen LogP contribution in [0.3, 0.4) is 0 Å². The third kappa shape index (κ3) is 48.8. The molecule has 0 aliphatic carbocycles. The number of unbranched alkanes of at least 4 members (excludes halogenated alkanes) is 18. The van der Waals surface area contributed by atoms with Gasteiger partial charge in [0, 0.05) is 12.8 Å². The number of esters is 1. The largest absolute Gasteiger partial charge is 0.480 e. The van der Waals surface area contributed by atoms with E-state index >= 15 is 0 Å². The van der Waals surface area contributed by atoms with Crippen molar-refractivity contribution in [1.82, 2.24) is 5.32 Å². The van der Waals surface area contributed by atoms with Crippen molar-refractivity contribution in [3.8, 4) is 0 Å². The molecule has 0 rings (SSSR count). The van der Waals surface area contributed by atoms with Gasteiger partial charge in [0.2, 0.25) is 5.91 Å². The molecule has 0 aromatic carbocycles. The lowest BCUT2D eigenvalue weighted by Crippen LogP contribution is -2.43. The number of aliphatic hydroxyl groups excluding tert-OH is 1. The molecule has 0 fully saturated rings. The number of aliphatic hydroxyl groups is 1. The number of phosphoric ester groups is 1. The zero-order valence-corrected chi connectivity index (χ0v) is 43.3. The lowest BCUT2D eigenvalue weighted by molar-refractivity contribution is -0.147. The van der Waals surface area contributed by atoms with Crippen LogP contribution in [-0.2, 0) is 32.7 Å². The van der Waals surface area contributed by atoms with E-state index in [2.05, 4.69) is 116 Å². The Kier molecular flexibility index (Phi) is 47.2. The molecule has 0 bridgehead atoms. The van der Waals surface area contributed by atoms with Gasteiger partial charge in [0.25, 0.3) is 0 Å². The molecule has 0 aliphatic heterocycles. The first-order valence-electron chi connectivity index (χ1n) is 26.3. The minimum Gasteiger partial charge on any atom is -0.480 e. The van der Waals surface area contributed by atoms with Crippen LogP contribution in [0.1, 0.15) is 206 Å². The molecule has 0 spiro atoms. The lowest BCUT2D eigenvalue weighted by atomic mass is 10.0. The van der Waals surface area contributed by atoms with Crippen LogP contribution < -0.4 is 5.32 Å². The Labute approximate surface area is 413 Å². The second-order valence-corrected chi connectivity index (χ2v) is 18.8. The van der Waals surface area contributed by atoms with Gasteiger partial charge in [-0.2, -0.15) is 0 Å². The summed E-state index contributed by atoms with van der Waals surface area (Å²) < 4.78 is 26.9. The van der Waals surface area contributed by atoms with Gasteiger partial charge in [-0.3, -0.25) is 18.6 Å². The van der Waals surface area contributed by atoms with Crippen molar-refractivity contribution in [3.05, 3.63) is 97.2 Å². The molecule has 3 atom stereocenters. The molecule has 4 N–H and O–H groups in total. The molecule has 0 radical (unpaired) electrons. The van der Waals surface area contributed by atoms with Gasteiger partial charge < -0.3 is 25.2 Å². The van der Waals surface area contributed by atoms with E-state index in [0.29, 0.717) is 12.8 Å². The van der Waals surface area contributed by atoms with Crippen LogP contribution in [0.15, 0.2) is 97.2 Å². The zero-order valence-electron chi connectivity index (χ0n) is 42.4. The number of hydrogen-bond donors (Lipinski definition) is 4. The van der Waals surface area contributed by atoms with Crippen molar-refractivity contribution in [2.45, 2.75) is 219 Å². The monoisotopic (exact) mass is 972 g/mol. The standard InChI is InChI=1S/C56H94NO10P/c1-3-5-7-9-11-13-15-17-19-21-23-25-26-28-29-31-33-35-37-39-41-43-45-47-54(59)57-53(56(61)62)51-67-68(63,64)66-50-52(58)49-65-55(60)48-46-44-42-40-38-36-34-32-30-27-24-22-20-18-16-14-12-10-8-6-4-2/h6,8,11-14,17-20,24,27,32,34,38,40,52-53,58H,3-5,7,9-10,15-16,21-23,25-26,28-31,33,35-37,39,41-51H2,1-2H3,(H,57,59)(H,61,62)(H,63,64)/b8-6-,13-11-,14-12-,19-17-,20-18-,27-24-,34-32-,40-38-. The lowest BCUT2D eigenvalue weighted by Gasteiger charge is -2.18. The minimum atomic E-state index is -4.78. The molecular formula is C56H94NO10P. The number of allylic oxidation sites excluding steroid dienone is 16. The summed E-state index contributed by atoms with van der Waals surface area (Å²) in [6.07, 6.45) is 64.3. The topological polar surface area (TPSA) is 169 Å². The maximum atomic E-state index is 12.4. The highest BCUT2D eigenvalue weighted by Gasteiger charge is 2.28. The first-order chi connectivity index (χ1) is 33.1. The Bertz CT molecular complexity index is 1510. The van der Waals surface area contributed by atoms with Crippen LogP contribution in [-0.4, -0.2) is 64.9 Å². The van der Waals surface area contributed by atoms with Crippen LogP contribution in [0.5, 0.6) is 0 Å². The van der Waals surface area contributed by atoms with Gasteiger partial charge in [0.15, 0.2) is 6.04 Å². The number of nitrogens with one attached hydrogen (secondary N) is 1. The molecule has 0 saturated heterocycles. The van der Waals surface area contributed by atoms with Crippen molar-refractivity contribution >= 4 is 25.7 Å². The number of carboxylic acid groups (broad SMARTS) is 1. The van der Waals surface area contributed by atoms with E-state index in [9.17, 15) is 34.1 Å². The van der Waals surface area contributed by atoms with E-state index in [-0.39, 0.29) is 12.8 Å². The van der Waals surface area contributed by atoms with Crippen LogP contribution in [0.25, 0.3) is 0 Å². The Morgan fingerprint density at radius 1 is 0.485 bits per heavy atom. The highest BCUT2D eigenvalue weighted by atomic mass is 31.2. The van der Waals surface area contributed by atoms with Crippen LogP contribution in [0, 0.1) is 0 Å².